The van der Waals surface area contributed by atoms with E-state index in [-0.39, 0.29) is 19.1 Å². The number of amides is 1. The number of likely N-dealkylation sites (N-methyl/N-ethyl adjacent to an activating group) is 1. The van der Waals surface area contributed by atoms with Gasteiger partial charge in [-0.15, -0.1) is 0 Å². The fourth-order valence-corrected chi connectivity index (χ4v) is 5.02. The molecule has 1 atom stereocenters. The maximum atomic E-state index is 13.6. The molecule has 1 aliphatic rings. The fourth-order valence-electron chi connectivity index (χ4n) is 5.02. The van der Waals surface area contributed by atoms with Gasteiger partial charge in [0.15, 0.2) is 0 Å². The lowest BCUT2D eigenvalue weighted by Gasteiger charge is -2.33. The van der Waals surface area contributed by atoms with Gasteiger partial charge in [0, 0.05) is 42.2 Å². The van der Waals surface area contributed by atoms with Gasteiger partial charge in [-0.2, -0.15) is 18.3 Å². The summed E-state index contributed by atoms with van der Waals surface area (Å²) in [5.74, 6) is 0.127. The quantitative estimate of drug-likeness (QED) is 0.375. The third-order valence-corrected chi connectivity index (χ3v) is 6.94. The highest BCUT2D eigenvalue weighted by Crippen LogP contribution is 2.37. The lowest BCUT2D eigenvalue weighted by atomic mass is 9.94. The van der Waals surface area contributed by atoms with E-state index in [1.807, 2.05) is 0 Å². The molecule has 2 aromatic carbocycles. The maximum Gasteiger partial charge on any atom is 0.417 e. The summed E-state index contributed by atoms with van der Waals surface area (Å²) < 4.78 is 46.9. The van der Waals surface area contributed by atoms with Crippen LogP contribution in [0.4, 0.5) is 19.0 Å². The molecular weight excluding hydrogens is 485 g/mol. The molecule has 0 bridgehead atoms. The van der Waals surface area contributed by atoms with Crippen LogP contribution in [0.3, 0.4) is 0 Å². The Morgan fingerprint density at radius 3 is 2.76 bits per heavy atom. The van der Waals surface area contributed by atoms with E-state index in [9.17, 15) is 18.0 Å². The number of nitrogens with zero attached hydrogens (tertiary/aromatic N) is 5. The van der Waals surface area contributed by atoms with E-state index >= 15 is 0 Å². The van der Waals surface area contributed by atoms with Crippen LogP contribution in [0, 0.1) is 0 Å². The maximum absolute atomic E-state index is 13.6. The van der Waals surface area contributed by atoms with E-state index in [0.717, 1.165) is 28.7 Å². The van der Waals surface area contributed by atoms with Crippen LogP contribution in [0.25, 0.3) is 32.7 Å². The molecule has 1 amide bonds. The molecule has 37 heavy (non-hydrogen) atoms. The van der Waals surface area contributed by atoms with Crippen molar-refractivity contribution in [2.75, 3.05) is 19.4 Å². The van der Waals surface area contributed by atoms with Crippen LogP contribution < -0.4 is 5.73 Å². The summed E-state index contributed by atoms with van der Waals surface area (Å²) in [6.45, 7) is 0.449. The van der Waals surface area contributed by atoms with Gasteiger partial charge >= 0.3 is 6.18 Å². The minimum atomic E-state index is -4.48. The first-order valence-electron chi connectivity index (χ1n) is 11.5. The van der Waals surface area contributed by atoms with Crippen molar-refractivity contribution in [1.82, 2.24) is 24.6 Å². The molecule has 188 valence electrons. The highest BCUT2D eigenvalue weighted by Gasteiger charge is 2.33. The first kappa shape index (κ1) is 23.2. The molecule has 4 heterocycles. The Morgan fingerprint density at radius 2 is 1.97 bits per heavy atom. The van der Waals surface area contributed by atoms with Crippen molar-refractivity contribution in [3.8, 4) is 0 Å². The molecule has 2 N–H and O–H groups in total. The van der Waals surface area contributed by atoms with Crippen LogP contribution in [0.5, 0.6) is 0 Å². The number of fused-ring (bicyclic) bond motifs is 6. The third-order valence-electron chi connectivity index (χ3n) is 6.94. The predicted molar refractivity (Wildman–Crippen MR) is 132 cm³/mol. The minimum Gasteiger partial charge on any atom is -0.383 e. The summed E-state index contributed by atoms with van der Waals surface area (Å²) in [5, 5.41) is 6.10. The molecule has 0 aliphatic carbocycles. The van der Waals surface area contributed by atoms with Crippen molar-refractivity contribution in [3.05, 3.63) is 71.0 Å². The van der Waals surface area contributed by atoms with Gasteiger partial charge in [-0.05, 0) is 29.8 Å². The Morgan fingerprint density at radius 1 is 1.16 bits per heavy atom. The summed E-state index contributed by atoms with van der Waals surface area (Å²) in [6.07, 6.45) is -2.01. The molecule has 11 heteroatoms. The monoisotopic (exact) mass is 506 g/mol. The lowest BCUT2D eigenvalue weighted by molar-refractivity contribution is -0.137. The number of alkyl halides is 3. The summed E-state index contributed by atoms with van der Waals surface area (Å²) in [6, 6.07) is 9.22. The van der Waals surface area contributed by atoms with Crippen LogP contribution >= 0.6 is 0 Å². The largest absolute Gasteiger partial charge is 0.417 e. The third kappa shape index (κ3) is 3.65. The van der Waals surface area contributed by atoms with Gasteiger partial charge in [-0.3, -0.25) is 14.5 Å². The fraction of sp³-hybridized carbons (Fsp3) is 0.231. The number of halogens is 3. The Balaban J connectivity index is 1.39. The van der Waals surface area contributed by atoms with Crippen molar-refractivity contribution in [2.45, 2.75) is 18.8 Å². The SMILES string of the molecule is CN(C(=O)c1ccc2nc(N)c3cnn(C)c3c2c1)C1COCc2c1ccc1cc(C(F)(F)F)cnc21. The number of carbonyl (C=O) groups is 1. The number of aryl methyl sites for hydroxylation is 1. The van der Waals surface area contributed by atoms with E-state index in [1.165, 1.54) is 0 Å². The number of rotatable bonds is 2. The standard InChI is InChI=1S/C26H21F3N6O2/c1-34(25(36)14-4-6-20-17(8-14)23-18(24(30)33-20)10-32-35(23)2)21-12-37-11-19-16(21)5-3-13-7-15(26(27,28)29)9-31-22(13)19/h3-10,21H,11-12H2,1-2H3,(H2,30,33). The lowest BCUT2D eigenvalue weighted by Crippen LogP contribution is -2.36. The molecule has 0 fully saturated rings. The molecule has 0 saturated heterocycles. The smallest absolute Gasteiger partial charge is 0.383 e. The number of carbonyl (C=O) groups excluding carboxylic acids is 1. The van der Waals surface area contributed by atoms with Crippen LogP contribution in [-0.4, -0.2) is 44.2 Å². The summed E-state index contributed by atoms with van der Waals surface area (Å²) in [5.41, 5.74) is 9.06. The number of nitrogen functional groups attached to an aromatic ring is 1. The molecule has 1 aliphatic heterocycles. The van der Waals surface area contributed by atoms with Crippen LogP contribution in [-0.2, 0) is 24.6 Å². The summed E-state index contributed by atoms with van der Waals surface area (Å²) in [7, 11) is 3.48. The Kier molecular flexibility index (Phi) is 5.09. The molecule has 3 aromatic heterocycles. The van der Waals surface area contributed by atoms with Crippen LogP contribution in [0.15, 0.2) is 48.8 Å². The van der Waals surface area contributed by atoms with Crippen molar-refractivity contribution < 1.29 is 22.7 Å². The number of pyridine rings is 2. The normalized spacial score (nSPS) is 15.9. The van der Waals surface area contributed by atoms with Gasteiger partial charge in [-0.25, -0.2) is 4.98 Å². The number of aromatic nitrogens is 4. The molecule has 0 spiro atoms. The number of benzene rings is 2. The zero-order valence-corrected chi connectivity index (χ0v) is 19.9. The van der Waals surface area contributed by atoms with Crippen LogP contribution in [0.2, 0.25) is 0 Å². The van der Waals surface area contributed by atoms with Gasteiger partial charge < -0.3 is 15.4 Å². The van der Waals surface area contributed by atoms with Crippen LogP contribution in [0.1, 0.15) is 33.1 Å². The van der Waals surface area contributed by atoms with Gasteiger partial charge in [0.1, 0.15) is 5.82 Å². The van der Waals surface area contributed by atoms with E-state index in [2.05, 4.69) is 15.1 Å². The predicted octanol–water partition coefficient (Wildman–Crippen LogP) is 4.61. The van der Waals surface area contributed by atoms with Gasteiger partial charge in [0.05, 0.1) is 53.0 Å². The van der Waals surface area contributed by atoms with E-state index in [0.29, 0.717) is 38.8 Å². The molecule has 6 rings (SSSR count). The van der Waals surface area contributed by atoms with Crippen molar-refractivity contribution in [1.29, 1.82) is 0 Å². The first-order valence-corrected chi connectivity index (χ1v) is 11.5. The van der Waals surface area contributed by atoms with Crippen molar-refractivity contribution >= 4 is 44.4 Å². The second-order valence-corrected chi connectivity index (χ2v) is 9.13. The highest BCUT2D eigenvalue weighted by atomic mass is 19.4. The highest BCUT2D eigenvalue weighted by molar-refractivity contribution is 6.10. The topological polar surface area (TPSA) is 99.2 Å². The minimum absolute atomic E-state index is 0.200. The zero-order valence-electron chi connectivity index (χ0n) is 19.9. The Hall–Kier alpha value is -4.25. The van der Waals surface area contributed by atoms with E-state index < -0.39 is 17.8 Å². The number of ether oxygens (including phenoxy) is 1. The van der Waals surface area contributed by atoms with Crippen molar-refractivity contribution in [2.24, 2.45) is 7.05 Å². The Bertz CT molecular complexity index is 1730. The van der Waals surface area contributed by atoms with Gasteiger partial charge in [0.25, 0.3) is 5.91 Å². The number of hydrogen-bond acceptors (Lipinski definition) is 6. The molecule has 0 saturated carbocycles. The van der Waals surface area contributed by atoms with E-state index in [1.54, 1.807) is 60.2 Å². The molecule has 0 radical (unpaired) electrons. The molecule has 5 aromatic rings. The number of hydrogen-bond donors (Lipinski definition) is 1. The number of nitrogens with two attached hydrogens (primary N) is 1. The second kappa shape index (κ2) is 8.13. The van der Waals surface area contributed by atoms with Gasteiger partial charge in [-0.1, -0.05) is 12.1 Å². The first-order chi connectivity index (χ1) is 17.6. The zero-order chi connectivity index (χ0) is 26.1. The molecule has 8 nitrogen and oxygen atoms in total. The molecular formula is C26H21F3N6O2. The van der Waals surface area contributed by atoms with E-state index in [4.69, 9.17) is 10.5 Å². The van der Waals surface area contributed by atoms with Crippen molar-refractivity contribution in [3.63, 3.8) is 0 Å². The second-order valence-electron chi connectivity index (χ2n) is 9.13. The molecule has 1 unspecified atom stereocenters. The summed E-state index contributed by atoms with van der Waals surface area (Å²) >= 11 is 0. The average Bonchev–Trinajstić information content (AvgIpc) is 3.28. The average molecular weight is 506 g/mol. The Labute approximate surface area is 208 Å². The number of anilines is 1. The summed E-state index contributed by atoms with van der Waals surface area (Å²) in [4.78, 5) is 23.7. The van der Waals surface area contributed by atoms with Gasteiger partial charge in [0.2, 0.25) is 0 Å².